The van der Waals surface area contributed by atoms with E-state index in [2.05, 4.69) is 27.7 Å². The summed E-state index contributed by atoms with van der Waals surface area (Å²) < 4.78 is 11.7. The van der Waals surface area contributed by atoms with Gasteiger partial charge in [-0.25, -0.2) is 5.43 Å². The summed E-state index contributed by atoms with van der Waals surface area (Å²) in [5, 5.41) is 9.42. The van der Waals surface area contributed by atoms with Crippen molar-refractivity contribution < 1.29 is 23.9 Å². The number of nitrogens with zero attached hydrogens (tertiary/aromatic N) is 1. The van der Waals surface area contributed by atoms with E-state index in [0.29, 0.717) is 31.3 Å². The van der Waals surface area contributed by atoms with Crippen LogP contribution >= 0.6 is 34.2 Å². The zero-order chi connectivity index (χ0) is 24.4. The predicted molar refractivity (Wildman–Crippen MR) is 135 cm³/mol. The van der Waals surface area contributed by atoms with Crippen LogP contribution in [0.1, 0.15) is 11.1 Å². The molecule has 0 atom stereocenters. The van der Waals surface area contributed by atoms with Crippen LogP contribution in [0.25, 0.3) is 0 Å². The monoisotopic (exact) mass is 584 g/mol. The van der Waals surface area contributed by atoms with Gasteiger partial charge in [0.2, 0.25) is 0 Å². The molecule has 0 unspecified atom stereocenters. The van der Waals surface area contributed by atoms with E-state index >= 15 is 0 Å². The number of hydrogen-bond acceptors (Lipinski definition) is 6. The van der Waals surface area contributed by atoms with Gasteiger partial charge in [0.25, 0.3) is 5.91 Å². The van der Waals surface area contributed by atoms with E-state index < -0.39 is 11.8 Å². The summed E-state index contributed by atoms with van der Waals surface area (Å²) in [5.74, 6) is -1.35. The molecular weight excluding hydrogens is 563 g/mol. The van der Waals surface area contributed by atoms with Gasteiger partial charge in [0, 0.05) is 17.3 Å². The summed E-state index contributed by atoms with van der Waals surface area (Å²) in [7, 11) is 1.46. The number of hydrazone groups is 1. The molecule has 0 saturated heterocycles. The number of benzene rings is 2. The minimum Gasteiger partial charge on any atom is -0.493 e. The molecule has 0 heterocycles. The second-order valence-electron chi connectivity index (χ2n) is 6.48. The molecule has 0 aliphatic heterocycles. The van der Waals surface area contributed by atoms with Gasteiger partial charge in [-0.2, -0.15) is 5.10 Å². The van der Waals surface area contributed by atoms with E-state index in [9.17, 15) is 14.4 Å². The lowest BCUT2D eigenvalue weighted by atomic mass is 10.2. The summed E-state index contributed by atoms with van der Waals surface area (Å²) >= 11 is 8.11. The number of carbonyl (C=O) groups is 3. The minimum atomic E-state index is -0.907. The van der Waals surface area contributed by atoms with Crippen molar-refractivity contribution in [3.05, 3.63) is 62.7 Å². The number of anilines is 1. The Kier molecular flexibility index (Phi) is 10.1. The highest BCUT2D eigenvalue weighted by Gasteiger charge is 2.15. The SMILES string of the molecule is C=CCNC(=O)C(=O)N/N=C\c1cc(I)c(OCC(=O)Nc2cccc(Cl)c2C)c(OC)c1. The molecule has 0 spiro atoms. The molecule has 0 fully saturated rings. The first-order valence-corrected chi connectivity index (χ1v) is 11.0. The third-order valence-corrected chi connectivity index (χ3v) is 5.34. The maximum Gasteiger partial charge on any atom is 0.329 e. The lowest BCUT2D eigenvalue weighted by molar-refractivity contribution is -0.139. The van der Waals surface area contributed by atoms with Crippen LogP contribution in [0.2, 0.25) is 5.02 Å². The molecule has 2 aromatic rings. The molecule has 0 saturated carbocycles. The highest BCUT2D eigenvalue weighted by Crippen LogP contribution is 2.33. The number of halogens is 2. The van der Waals surface area contributed by atoms with Gasteiger partial charge in [0.15, 0.2) is 18.1 Å². The Balaban J connectivity index is 2.02. The maximum absolute atomic E-state index is 12.3. The number of methoxy groups -OCH3 is 1. The first-order valence-electron chi connectivity index (χ1n) is 9.54. The fourth-order valence-electron chi connectivity index (χ4n) is 2.48. The Bertz CT molecular complexity index is 1090. The highest BCUT2D eigenvalue weighted by atomic mass is 127. The van der Waals surface area contributed by atoms with Crippen LogP contribution in [0.4, 0.5) is 5.69 Å². The molecular formula is C22H22ClIN4O5. The van der Waals surface area contributed by atoms with E-state index in [4.69, 9.17) is 21.1 Å². The number of nitrogens with one attached hydrogen (secondary N) is 3. The topological polar surface area (TPSA) is 118 Å². The zero-order valence-electron chi connectivity index (χ0n) is 17.9. The third kappa shape index (κ3) is 7.75. The van der Waals surface area contributed by atoms with E-state index in [0.717, 1.165) is 5.56 Å². The van der Waals surface area contributed by atoms with Gasteiger partial charge in [-0.3, -0.25) is 14.4 Å². The molecule has 174 valence electrons. The van der Waals surface area contributed by atoms with Gasteiger partial charge in [-0.15, -0.1) is 6.58 Å². The van der Waals surface area contributed by atoms with E-state index in [-0.39, 0.29) is 19.1 Å². The first-order chi connectivity index (χ1) is 15.8. The van der Waals surface area contributed by atoms with Crippen LogP contribution in [0.5, 0.6) is 11.5 Å². The summed E-state index contributed by atoms with van der Waals surface area (Å²) in [4.78, 5) is 35.5. The summed E-state index contributed by atoms with van der Waals surface area (Å²) in [6, 6.07) is 8.56. The zero-order valence-corrected chi connectivity index (χ0v) is 20.8. The number of hydrogen-bond donors (Lipinski definition) is 3. The van der Waals surface area contributed by atoms with Crippen molar-refractivity contribution in [3.8, 4) is 11.5 Å². The Hall–Kier alpha value is -3.12. The molecule has 3 N–H and O–H groups in total. The number of rotatable bonds is 9. The van der Waals surface area contributed by atoms with Gasteiger partial charge in [-0.05, 0) is 64.9 Å². The van der Waals surface area contributed by atoms with Crippen molar-refractivity contribution in [2.24, 2.45) is 5.10 Å². The fourth-order valence-corrected chi connectivity index (χ4v) is 3.44. The fraction of sp³-hybridized carbons (Fsp3) is 0.182. The first kappa shape index (κ1) is 26.1. The number of carbonyl (C=O) groups excluding carboxylic acids is 3. The van der Waals surface area contributed by atoms with Crippen molar-refractivity contribution in [1.29, 1.82) is 0 Å². The molecule has 0 radical (unpaired) electrons. The molecule has 9 nitrogen and oxygen atoms in total. The molecule has 2 aromatic carbocycles. The van der Waals surface area contributed by atoms with Gasteiger partial charge in [0.1, 0.15) is 0 Å². The van der Waals surface area contributed by atoms with Crippen LogP contribution in [0, 0.1) is 10.5 Å². The van der Waals surface area contributed by atoms with Crippen molar-refractivity contribution in [2.45, 2.75) is 6.92 Å². The Morgan fingerprint density at radius 3 is 2.70 bits per heavy atom. The molecule has 11 heteroatoms. The average Bonchev–Trinajstić information content (AvgIpc) is 2.79. The van der Waals surface area contributed by atoms with Crippen LogP contribution in [0.3, 0.4) is 0 Å². The van der Waals surface area contributed by atoms with Crippen LogP contribution in [-0.2, 0) is 14.4 Å². The molecule has 33 heavy (non-hydrogen) atoms. The van der Waals surface area contributed by atoms with Crippen molar-refractivity contribution >= 4 is 63.8 Å². The molecule has 0 aromatic heterocycles. The Morgan fingerprint density at radius 1 is 1.24 bits per heavy atom. The Morgan fingerprint density at radius 2 is 2.00 bits per heavy atom. The summed E-state index contributed by atoms with van der Waals surface area (Å²) in [6.45, 7) is 5.18. The Labute approximate surface area is 209 Å². The smallest absolute Gasteiger partial charge is 0.329 e. The second-order valence-corrected chi connectivity index (χ2v) is 8.05. The molecule has 0 aliphatic rings. The average molecular weight is 585 g/mol. The molecule has 3 amide bonds. The van der Waals surface area contributed by atoms with Gasteiger partial charge in [0.05, 0.1) is 16.9 Å². The van der Waals surface area contributed by atoms with Gasteiger partial charge >= 0.3 is 11.8 Å². The van der Waals surface area contributed by atoms with Crippen molar-refractivity contribution in [3.63, 3.8) is 0 Å². The maximum atomic E-state index is 12.3. The predicted octanol–water partition coefficient (Wildman–Crippen LogP) is 3.03. The van der Waals surface area contributed by atoms with Gasteiger partial charge in [-0.1, -0.05) is 23.7 Å². The third-order valence-electron chi connectivity index (χ3n) is 4.13. The molecule has 2 rings (SSSR count). The number of ether oxygens (including phenoxy) is 2. The molecule has 0 aliphatic carbocycles. The lowest BCUT2D eigenvalue weighted by Crippen LogP contribution is -2.37. The van der Waals surface area contributed by atoms with Crippen LogP contribution in [-0.4, -0.2) is 44.2 Å². The van der Waals surface area contributed by atoms with Crippen LogP contribution < -0.4 is 25.5 Å². The standard InChI is InChI=1S/C22H22ClIN4O5/c1-4-8-25-21(30)22(31)28-26-11-14-9-16(24)20(18(10-14)32-3)33-12-19(29)27-17-7-5-6-15(23)13(17)2/h4-7,9-11H,1,8,12H2,2-3H3,(H,25,30)(H,27,29)(H,28,31)/b26-11-. The number of amides is 3. The summed E-state index contributed by atoms with van der Waals surface area (Å²) in [6.07, 6.45) is 2.80. The largest absolute Gasteiger partial charge is 0.493 e. The summed E-state index contributed by atoms with van der Waals surface area (Å²) in [5.41, 5.74) is 4.07. The van der Waals surface area contributed by atoms with E-state index in [1.54, 1.807) is 37.3 Å². The van der Waals surface area contributed by atoms with Gasteiger partial charge < -0.3 is 20.1 Å². The van der Waals surface area contributed by atoms with E-state index in [1.807, 2.05) is 22.6 Å². The van der Waals surface area contributed by atoms with Crippen molar-refractivity contribution in [1.82, 2.24) is 10.7 Å². The normalized spacial score (nSPS) is 10.4. The lowest BCUT2D eigenvalue weighted by Gasteiger charge is -2.14. The van der Waals surface area contributed by atoms with Crippen molar-refractivity contribution in [2.75, 3.05) is 25.6 Å². The molecule has 0 bridgehead atoms. The minimum absolute atomic E-state index is 0.170. The highest BCUT2D eigenvalue weighted by molar-refractivity contribution is 14.1. The van der Waals surface area contributed by atoms with Crippen LogP contribution in [0.15, 0.2) is 48.1 Å². The second kappa shape index (κ2) is 12.8. The van der Waals surface area contributed by atoms with E-state index in [1.165, 1.54) is 19.4 Å². The quantitative estimate of drug-likeness (QED) is 0.138.